The Bertz CT molecular complexity index is 1690. The Labute approximate surface area is 272 Å². The maximum atomic E-state index is 13.5. The topological polar surface area (TPSA) is 74.2 Å². The molecule has 0 atom stereocenters. The number of benzene rings is 3. The molecule has 2 fully saturated rings. The summed E-state index contributed by atoms with van der Waals surface area (Å²) in [6.45, 7) is 15.6. The van der Waals surface area contributed by atoms with E-state index in [2.05, 4.69) is 69.2 Å². The monoisotopic (exact) mass is 622 g/mol. The van der Waals surface area contributed by atoms with Crippen molar-refractivity contribution >= 4 is 28.2 Å². The highest BCUT2D eigenvalue weighted by Crippen LogP contribution is 2.33. The van der Waals surface area contributed by atoms with Crippen LogP contribution in [0.3, 0.4) is 0 Å². The van der Waals surface area contributed by atoms with Crippen molar-refractivity contribution in [3.8, 4) is 11.5 Å². The lowest BCUT2D eigenvalue weighted by Gasteiger charge is -2.34. The predicted molar refractivity (Wildman–Crippen MR) is 184 cm³/mol. The lowest BCUT2D eigenvalue weighted by Crippen LogP contribution is -2.49. The van der Waals surface area contributed by atoms with E-state index in [4.69, 9.17) is 9.47 Å². The summed E-state index contributed by atoms with van der Waals surface area (Å²) in [5.74, 6) is 1.75. The predicted octanol–water partition coefficient (Wildman–Crippen LogP) is 5.03. The Morgan fingerprint density at radius 3 is 2.43 bits per heavy atom. The highest BCUT2D eigenvalue weighted by Gasteiger charge is 2.23. The van der Waals surface area contributed by atoms with E-state index in [1.54, 1.807) is 0 Å². The zero-order chi connectivity index (χ0) is 31.5. The Hall–Kier alpha value is -4.05. The standard InChI is InChI=1S/C37H46N6O3/c1-27-28(2)43(15-4-14-40-17-12-38-13-18-40)34-9-8-32(25-33(27)34)39-31-6-3-5-30(24-31)37(44)42-21-19-41(20-22-42)16-11-29-7-10-35-36(23-29)46-26-45-35/h3,5-10,23-25,38-39H,4,11-22,26H2,1-2H3. The SMILES string of the molecule is Cc1c(C)n(CCCN2CCNCC2)c2ccc(Nc3cccc(C(=O)N4CCN(CCc5ccc6c(c5)OCO6)CC4)c3)cc12. The van der Waals surface area contributed by atoms with Crippen LogP contribution in [0.5, 0.6) is 11.5 Å². The number of amides is 1. The minimum absolute atomic E-state index is 0.0962. The third-order valence-electron chi connectivity index (χ3n) is 9.92. The van der Waals surface area contributed by atoms with Crippen molar-refractivity contribution in [3.63, 3.8) is 0 Å². The van der Waals surface area contributed by atoms with Gasteiger partial charge in [0.15, 0.2) is 11.5 Å². The van der Waals surface area contributed by atoms with E-state index < -0.39 is 0 Å². The minimum Gasteiger partial charge on any atom is -0.454 e. The molecule has 1 aromatic heterocycles. The number of rotatable bonds is 10. The van der Waals surface area contributed by atoms with Crippen molar-refractivity contribution < 1.29 is 14.3 Å². The van der Waals surface area contributed by atoms with Crippen molar-refractivity contribution in [3.05, 3.63) is 83.0 Å². The zero-order valence-electron chi connectivity index (χ0n) is 27.2. The number of aryl methyl sites for hydroxylation is 2. The van der Waals surface area contributed by atoms with Gasteiger partial charge in [0.05, 0.1) is 0 Å². The number of ether oxygens (including phenoxy) is 2. The average molecular weight is 623 g/mol. The number of hydrogen-bond acceptors (Lipinski definition) is 7. The summed E-state index contributed by atoms with van der Waals surface area (Å²) < 4.78 is 13.4. The lowest BCUT2D eigenvalue weighted by molar-refractivity contribution is 0.0638. The van der Waals surface area contributed by atoms with Crippen LogP contribution in [0.4, 0.5) is 11.4 Å². The van der Waals surface area contributed by atoms with Crippen LogP contribution >= 0.6 is 0 Å². The molecular formula is C37H46N6O3. The molecule has 0 unspecified atom stereocenters. The molecule has 0 aliphatic carbocycles. The van der Waals surface area contributed by atoms with Gasteiger partial charge in [-0.1, -0.05) is 12.1 Å². The largest absolute Gasteiger partial charge is 0.454 e. The first-order chi connectivity index (χ1) is 22.5. The number of nitrogens with one attached hydrogen (secondary N) is 2. The Balaban J connectivity index is 0.937. The first-order valence-corrected chi connectivity index (χ1v) is 16.8. The number of carbonyl (C=O) groups excluding carboxylic acids is 1. The second-order valence-electron chi connectivity index (χ2n) is 12.8. The van der Waals surface area contributed by atoms with Gasteiger partial charge >= 0.3 is 0 Å². The molecule has 9 nitrogen and oxygen atoms in total. The summed E-state index contributed by atoms with van der Waals surface area (Å²) in [5, 5.41) is 8.30. The van der Waals surface area contributed by atoms with Crippen molar-refractivity contribution in [2.24, 2.45) is 0 Å². The quantitative estimate of drug-likeness (QED) is 0.257. The van der Waals surface area contributed by atoms with Gasteiger partial charge < -0.3 is 34.5 Å². The first-order valence-electron chi connectivity index (χ1n) is 16.8. The fourth-order valence-electron chi connectivity index (χ4n) is 7.04. The summed E-state index contributed by atoms with van der Waals surface area (Å²) in [6.07, 6.45) is 2.10. The number of hydrogen-bond donors (Lipinski definition) is 2. The van der Waals surface area contributed by atoms with Gasteiger partial charge in [-0.15, -0.1) is 0 Å². The molecule has 242 valence electrons. The van der Waals surface area contributed by atoms with Crippen molar-refractivity contribution in [2.75, 3.05) is 77.6 Å². The smallest absolute Gasteiger partial charge is 0.254 e. The molecule has 7 rings (SSSR count). The molecule has 0 radical (unpaired) electrons. The van der Waals surface area contributed by atoms with Crippen LogP contribution in [0.1, 0.15) is 33.6 Å². The van der Waals surface area contributed by atoms with Gasteiger partial charge in [-0.05, 0) is 92.9 Å². The number of piperazine rings is 2. The Kier molecular flexibility index (Phi) is 9.14. The Morgan fingerprint density at radius 2 is 1.59 bits per heavy atom. The molecule has 0 saturated carbocycles. The molecule has 46 heavy (non-hydrogen) atoms. The normalized spacial score (nSPS) is 17.1. The second-order valence-corrected chi connectivity index (χ2v) is 12.8. The number of carbonyl (C=O) groups is 1. The molecule has 2 N–H and O–H groups in total. The van der Waals surface area contributed by atoms with Gasteiger partial charge in [0, 0.05) is 99.0 Å². The molecular weight excluding hydrogens is 576 g/mol. The molecule has 1 amide bonds. The first kappa shape index (κ1) is 30.6. The number of nitrogens with zero attached hydrogens (tertiary/aromatic N) is 4. The molecule has 4 aromatic rings. The van der Waals surface area contributed by atoms with Crippen LogP contribution in [-0.4, -0.2) is 97.4 Å². The number of aromatic nitrogens is 1. The molecule has 3 aliphatic rings. The molecule has 2 saturated heterocycles. The zero-order valence-corrected chi connectivity index (χ0v) is 27.2. The van der Waals surface area contributed by atoms with E-state index in [0.717, 1.165) is 113 Å². The van der Waals surface area contributed by atoms with Crippen molar-refractivity contribution in [1.82, 2.24) is 24.6 Å². The van der Waals surface area contributed by atoms with Crippen LogP contribution in [-0.2, 0) is 13.0 Å². The molecule has 3 aromatic carbocycles. The van der Waals surface area contributed by atoms with Gasteiger partial charge in [0.2, 0.25) is 6.79 Å². The fourth-order valence-corrected chi connectivity index (χ4v) is 7.04. The van der Waals surface area contributed by atoms with Gasteiger partial charge in [0.1, 0.15) is 0 Å². The minimum atomic E-state index is 0.0962. The van der Waals surface area contributed by atoms with E-state index in [0.29, 0.717) is 6.79 Å². The van der Waals surface area contributed by atoms with Crippen LogP contribution in [0.15, 0.2) is 60.7 Å². The molecule has 0 bridgehead atoms. The summed E-state index contributed by atoms with van der Waals surface area (Å²) >= 11 is 0. The number of fused-ring (bicyclic) bond motifs is 2. The van der Waals surface area contributed by atoms with E-state index in [9.17, 15) is 4.79 Å². The maximum absolute atomic E-state index is 13.5. The lowest BCUT2D eigenvalue weighted by atomic mass is 10.1. The van der Waals surface area contributed by atoms with Crippen LogP contribution in [0.2, 0.25) is 0 Å². The molecule has 0 spiro atoms. The highest BCUT2D eigenvalue weighted by atomic mass is 16.7. The highest BCUT2D eigenvalue weighted by molar-refractivity contribution is 5.95. The number of anilines is 2. The van der Waals surface area contributed by atoms with Gasteiger partial charge in [-0.2, -0.15) is 0 Å². The Morgan fingerprint density at radius 1 is 0.804 bits per heavy atom. The van der Waals surface area contributed by atoms with E-state index in [-0.39, 0.29) is 5.91 Å². The van der Waals surface area contributed by atoms with E-state index in [1.807, 2.05) is 35.2 Å². The molecule has 9 heteroatoms. The van der Waals surface area contributed by atoms with Gasteiger partial charge in [-0.3, -0.25) is 9.69 Å². The molecule has 3 aliphatic heterocycles. The van der Waals surface area contributed by atoms with Gasteiger partial charge in [0.25, 0.3) is 5.91 Å². The second kappa shape index (κ2) is 13.7. The van der Waals surface area contributed by atoms with Crippen LogP contribution in [0, 0.1) is 13.8 Å². The van der Waals surface area contributed by atoms with Crippen molar-refractivity contribution in [2.45, 2.75) is 33.2 Å². The third-order valence-corrected chi connectivity index (χ3v) is 9.92. The maximum Gasteiger partial charge on any atom is 0.254 e. The van der Waals surface area contributed by atoms with Gasteiger partial charge in [-0.25, -0.2) is 0 Å². The third kappa shape index (κ3) is 6.72. The van der Waals surface area contributed by atoms with Crippen LogP contribution in [0.25, 0.3) is 10.9 Å². The van der Waals surface area contributed by atoms with E-state index >= 15 is 0 Å². The fraction of sp³-hybridized carbons (Fsp3) is 0.432. The molecule has 4 heterocycles. The summed E-state index contributed by atoms with van der Waals surface area (Å²) in [7, 11) is 0. The summed E-state index contributed by atoms with van der Waals surface area (Å²) in [5.41, 5.74) is 7.90. The summed E-state index contributed by atoms with van der Waals surface area (Å²) in [4.78, 5) is 20.5. The summed E-state index contributed by atoms with van der Waals surface area (Å²) in [6, 6.07) is 20.8. The van der Waals surface area contributed by atoms with Crippen LogP contribution < -0.4 is 20.1 Å². The van der Waals surface area contributed by atoms with E-state index in [1.165, 1.54) is 27.7 Å². The van der Waals surface area contributed by atoms with Crippen molar-refractivity contribution in [1.29, 1.82) is 0 Å². The average Bonchev–Trinajstić information content (AvgIpc) is 3.66.